The van der Waals surface area contributed by atoms with E-state index in [4.69, 9.17) is 5.11 Å². The van der Waals surface area contributed by atoms with Crippen LogP contribution in [0.2, 0.25) is 0 Å². The molecule has 1 aliphatic rings. The van der Waals surface area contributed by atoms with Gasteiger partial charge >= 0.3 is 0 Å². The molecule has 10 heavy (non-hydrogen) atoms. The first kappa shape index (κ1) is 10.2. The Morgan fingerprint density at radius 2 is 2.10 bits per heavy atom. The first-order chi connectivity index (χ1) is 4.16. The molecule has 0 amide bonds. The molecule has 1 aliphatic carbocycles. The van der Waals surface area contributed by atoms with Crippen LogP contribution in [-0.4, -0.2) is 35.5 Å². The summed E-state index contributed by atoms with van der Waals surface area (Å²) in [7, 11) is 1.79. The summed E-state index contributed by atoms with van der Waals surface area (Å²) >= 11 is 0. The first-order valence-corrected chi connectivity index (χ1v) is 3.21. The van der Waals surface area contributed by atoms with Crippen LogP contribution in [0, 0.1) is 0 Å². The Balaban J connectivity index is 0.000000810. The van der Waals surface area contributed by atoms with Crippen molar-refractivity contribution in [3.8, 4) is 0 Å². The van der Waals surface area contributed by atoms with Crippen molar-refractivity contribution in [3.05, 3.63) is 0 Å². The van der Waals surface area contributed by atoms with Crippen molar-refractivity contribution in [2.75, 3.05) is 13.6 Å². The smallest absolute Gasteiger partial charge is 0.0820 e. The average molecular weight is 168 g/mol. The Morgan fingerprint density at radius 3 is 2.40 bits per heavy atom. The molecule has 1 fully saturated rings. The van der Waals surface area contributed by atoms with E-state index < -0.39 is 5.60 Å². The Morgan fingerprint density at radius 1 is 1.60 bits per heavy atom. The molecule has 0 saturated heterocycles. The van der Waals surface area contributed by atoms with E-state index in [1.807, 2.05) is 0 Å². The highest BCUT2D eigenvalue weighted by atomic mass is 35.5. The summed E-state index contributed by atoms with van der Waals surface area (Å²) in [6, 6.07) is 0. The molecule has 0 aliphatic heterocycles. The van der Waals surface area contributed by atoms with Gasteiger partial charge in [-0.05, 0) is 7.05 Å². The van der Waals surface area contributed by atoms with Crippen LogP contribution >= 0.6 is 12.4 Å². The van der Waals surface area contributed by atoms with Crippen LogP contribution in [0.15, 0.2) is 0 Å². The largest absolute Gasteiger partial charge is 0.393 e. The van der Waals surface area contributed by atoms with Gasteiger partial charge in [0.25, 0.3) is 0 Å². The van der Waals surface area contributed by atoms with E-state index in [2.05, 4.69) is 5.32 Å². The van der Waals surface area contributed by atoms with Gasteiger partial charge in [0.2, 0.25) is 0 Å². The van der Waals surface area contributed by atoms with E-state index in [0.717, 1.165) is 0 Å². The monoisotopic (exact) mass is 167 g/mol. The minimum atomic E-state index is -0.617. The zero-order valence-electron chi connectivity index (χ0n) is 6.00. The molecule has 4 heteroatoms. The first-order valence-electron chi connectivity index (χ1n) is 3.21. The van der Waals surface area contributed by atoms with Gasteiger partial charge in [-0.1, -0.05) is 0 Å². The Kier molecular flexibility index (Phi) is 3.59. The van der Waals surface area contributed by atoms with Crippen molar-refractivity contribution < 1.29 is 10.2 Å². The van der Waals surface area contributed by atoms with Crippen LogP contribution in [0.3, 0.4) is 0 Å². The minimum absolute atomic E-state index is 0. The topological polar surface area (TPSA) is 52.5 Å². The van der Waals surface area contributed by atoms with Gasteiger partial charge in [-0.15, -0.1) is 12.4 Å². The van der Waals surface area contributed by atoms with Crippen molar-refractivity contribution in [2.24, 2.45) is 0 Å². The number of rotatable bonds is 2. The fourth-order valence-corrected chi connectivity index (χ4v) is 1.29. The molecule has 0 unspecified atom stereocenters. The maximum Gasteiger partial charge on any atom is 0.0820 e. The highest BCUT2D eigenvalue weighted by Crippen LogP contribution is 2.30. The van der Waals surface area contributed by atoms with Gasteiger partial charge in [0.05, 0.1) is 11.7 Å². The van der Waals surface area contributed by atoms with Gasteiger partial charge in [-0.25, -0.2) is 0 Å². The number of hydrogen-bond acceptors (Lipinski definition) is 3. The molecular weight excluding hydrogens is 154 g/mol. The van der Waals surface area contributed by atoms with Gasteiger partial charge in [-0.3, -0.25) is 0 Å². The van der Waals surface area contributed by atoms with E-state index in [1.54, 1.807) is 7.05 Å². The number of nitrogens with one attached hydrogen (secondary N) is 1. The fraction of sp³-hybridized carbons (Fsp3) is 1.00. The highest BCUT2D eigenvalue weighted by molar-refractivity contribution is 5.85. The molecular formula is C6H14ClNO2. The predicted molar refractivity (Wildman–Crippen MR) is 41.4 cm³/mol. The van der Waals surface area contributed by atoms with Crippen molar-refractivity contribution in [3.63, 3.8) is 0 Å². The highest BCUT2D eigenvalue weighted by Gasteiger charge is 2.40. The number of hydrogen-bond donors (Lipinski definition) is 3. The number of likely N-dealkylation sites (N-methyl/N-ethyl adjacent to an activating group) is 1. The molecule has 0 aromatic heterocycles. The third-order valence-electron chi connectivity index (χ3n) is 1.74. The second kappa shape index (κ2) is 3.53. The predicted octanol–water partition coefficient (Wildman–Crippen LogP) is -0.487. The van der Waals surface area contributed by atoms with E-state index in [-0.39, 0.29) is 18.5 Å². The van der Waals surface area contributed by atoms with Crippen molar-refractivity contribution in [1.82, 2.24) is 5.32 Å². The molecule has 0 radical (unpaired) electrons. The molecule has 1 rings (SSSR count). The second-order valence-corrected chi connectivity index (χ2v) is 2.82. The van der Waals surface area contributed by atoms with Crippen LogP contribution in [0.5, 0.6) is 0 Å². The zero-order valence-corrected chi connectivity index (χ0v) is 6.82. The maximum absolute atomic E-state index is 9.36. The molecule has 62 valence electrons. The second-order valence-electron chi connectivity index (χ2n) is 2.82. The lowest BCUT2D eigenvalue weighted by Gasteiger charge is -2.40. The van der Waals surface area contributed by atoms with Crippen LogP contribution in [0.1, 0.15) is 12.8 Å². The van der Waals surface area contributed by atoms with E-state index in [0.29, 0.717) is 19.4 Å². The Hall–Kier alpha value is 0.170. The molecule has 0 aromatic rings. The molecule has 3 N–H and O–H groups in total. The lowest BCUT2D eigenvalue weighted by atomic mass is 9.78. The lowest BCUT2D eigenvalue weighted by molar-refractivity contribution is -0.109. The summed E-state index contributed by atoms with van der Waals surface area (Å²) < 4.78 is 0. The average Bonchev–Trinajstić information content (AvgIpc) is 1.62. The molecule has 0 atom stereocenters. The van der Waals surface area contributed by atoms with E-state index in [9.17, 15) is 5.11 Å². The van der Waals surface area contributed by atoms with Crippen molar-refractivity contribution in [2.45, 2.75) is 24.5 Å². The van der Waals surface area contributed by atoms with Gasteiger partial charge in [0.15, 0.2) is 0 Å². The molecule has 0 bridgehead atoms. The summed E-state index contributed by atoms with van der Waals surface area (Å²) in [6.45, 7) is 0.587. The number of halogens is 1. The Labute approximate surface area is 66.8 Å². The number of aliphatic hydroxyl groups is 2. The van der Waals surface area contributed by atoms with E-state index in [1.165, 1.54) is 0 Å². The standard InChI is InChI=1S/C6H13NO2.ClH/c1-7-4-6(9)2-5(8)3-6;/h5,7-9H,2-4H2,1H3;1H. The molecule has 0 aromatic carbocycles. The zero-order chi connectivity index (χ0) is 6.91. The minimum Gasteiger partial charge on any atom is -0.393 e. The summed E-state index contributed by atoms with van der Waals surface area (Å²) in [4.78, 5) is 0. The molecule has 3 nitrogen and oxygen atoms in total. The van der Waals surface area contributed by atoms with Gasteiger partial charge < -0.3 is 15.5 Å². The third-order valence-corrected chi connectivity index (χ3v) is 1.74. The summed E-state index contributed by atoms with van der Waals surface area (Å²) in [5.41, 5.74) is -0.617. The molecule has 1 saturated carbocycles. The van der Waals surface area contributed by atoms with Crippen LogP contribution in [0.4, 0.5) is 0 Å². The number of aliphatic hydroxyl groups excluding tert-OH is 1. The molecule has 0 spiro atoms. The normalized spacial score (nSPS) is 38.1. The van der Waals surface area contributed by atoms with Gasteiger partial charge in [-0.2, -0.15) is 0 Å². The SMILES string of the molecule is CNCC1(O)CC(O)C1.Cl. The van der Waals surface area contributed by atoms with Crippen LogP contribution in [-0.2, 0) is 0 Å². The summed E-state index contributed by atoms with van der Waals surface area (Å²) in [5.74, 6) is 0. The van der Waals surface area contributed by atoms with Gasteiger partial charge in [0.1, 0.15) is 0 Å². The fourth-order valence-electron chi connectivity index (χ4n) is 1.29. The van der Waals surface area contributed by atoms with Crippen LogP contribution < -0.4 is 5.32 Å². The summed E-state index contributed by atoms with van der Waals surface area (Å²) in [6.07, 6.45) is 0.769. The van der Waals surface area contributed by atoms with Crippen LogP contribution in [0.25, 0.3) is 0 Å². The lowest BCUT2D eigenvalue weighted by Crippen LogP contribution is -2.52. The maximum atomic E-state index is 9.36. The van der Waals surface area contributed by atoms with Gasteiger partial charge in [0, 0.05) is 19.4 Å². The quantitative estimate of drug-likeness (QED) is 0.521. The third kappa shape index (κ3) is 2.09. The van der Waals surface area contributed by atoms with E-state index >= 15 is 0 Å². The Bertz CT molecular complexity index is 98.4. The van der Waals surface area contributed by atoms with Crippen molar-refractivity contribution >= 4 is 12.4 Å². The van der Waals surface area contributed by atoms with Crippen molar-refractivity contribution in [1.29, 1.82) is 0 Å². The summed E-state index contributed by atoms with van der Waals surface area (Å²) in [5, 5.41) is 21.0. The molecule has 0 heterocycles.